The molecular formula is C27H30N4O2. The van der Waals surface area contributed by atoms with E-state index in [0.29, 0.717) is 6.42 Å². The molecule has 6 nitrogen and oxygen atoms in total. The number of nitrogens with zero attached hydrogens (tertiary/aromatic N) is 1. The van der Waals surface area contributed by atoms with E-state index in [9.17, 15) is 4.79 Å². The lowest BCUT2D eigenvalue weighted by atomic mass is 9.93. The largest absolute Gasteiger partial charge is 0.497 e. The number of H-pyrrole nitrogens is 1. The van der Waals surface area contributed by atoms with Crippen LogP contribution in [0.1, 0.15) is 42.4 Å². The van der Waals surface area contributed by atoms with E-state index in [4.69, 9.17) is 9.72 Å². The normalized spacial score (nSPS) is 12.4. The van der Waals surface area contributed by atoms with E-state index in [-0.39, 0.29) is 12.1 Å². The van der Waals surface area contributed by atoms with E-state index < -0.39 is 5.54 Å². The minimum absolute atomic E-state index is 0.250. The van der Waals surface area contributed by atoms with Gasteiger partial charge in [-0.25, -0.2) is 9.78 Å². The van der Waals surface area contributed by atoms with Crippen LogP contribution in [0.4, 0.5) is 4.79 Å². The monoisotopic (exact) mass is 442 g/mol. The second-order valence-electron chi connectivity index (χ2n) is 8.84. The Hall–Kier alpha value is -3.80. The third-order valence-corrected chi connectivity index (χ3v) is 5.81. The van der Waals surface area contributed by atoms with E-state index in [0.717, 1.165) is 39.3 Å². The maximum Gasteiger partial charge on any atom is 0.316 e. The summed E-state index contributed by atoms with van der Waals surface area (Å²) in [7, 11) is 1.65. The fraction of sp³-hybridized carbons (Fsp3) is 0.259. The average molecular weight is 443 g/mol. The highest BCUT2D eigenvalue weighted by Crippen LogP contribution is 2.23. The highest BCUT2D eigenvalue weighted by Gasteiger charge is 2.26. The minimum atomic E-state index is -0.533. The lowest BCUT2D eigenvalue weighted by Crippen LogP contribution is -2.47. The molecule has 33 heavy (non-hydrogen) atoms. The summed E-state index contributed by atoms with van der Waals surface area (Å²) in [5, 5.41) is 6.26. The molecule has 0 aliphatic rings. The van der Waals surface area contributed by atoms with Crippen LogP contribution in [0.2, 0.25) is 0 Å². The van der Waals surface area contributed by atoms with Crippen LogP contribution in [0.25, 0.3) is 11.0 Å². The summed E-state index contributed by atoms with van der Waals surface area (Å²) in [5.74, 6) is 1.51. The lowest BCUT2D eigenvalue weighted by molar-refractivity contribution is 0.225. The zero-order chi connectivity index (χ0) is 23.4. The molecule has 4 aromatic rings. The van der Waals surface area contributed by atoms with Crippen LogP contribution in [0, 0.1) is 6.92 Å². The fourth-order valence-corrected chi connectivity index (χ4v) is 3.94. The predicted molar refractivity (Wildman–Crippen MR) is 131 cm³/mol. The summed E-state index contributed by atoms with van der Waals surface area (Å²) in [6.07, 6.45) is 0.585. The molecule has 0 aliphatic heterocycles. The van der Waals surface area contributed by atoms with Crippen molar-refractivity contribution in [2.75, 3.05) is 7.11 Å². The molecule has 0 fully saturated rings. The summed E-state index contributed by atoms with van der Waals surface area (Å²) >= 11 is 0. The summed E-state index contributed by atoms with van der Waals surface area (Å²) < 4.78 is 5.27. The number of carbonyl (C=O) groups excluding carboxylic acids is 1. The van der Waals surface area contributed by atoms with Gasteiger partial charge in [-0.1, -0.05) is 54.1 Å². The van der Waals surface area contributed by atoms with E-state index in [2.05, 4.69) is 21.7 Å². The van der Waals surface area contributed by atoms with Crippen molar-refractivity contribution in [2.45, 2.75) is 38.8 Å². The molecule has 0 bridgehead atoms. The molecular weight excluding hydrogens is 412 g/mol. The number of rotatable bonds is 7. The Morgan fingerprint density at radius 2 is 1.82 bits per heavy atom. The van der Waals surface area contributed by atoms with Gasteiger partial charge >= 0.3 is 6.03 Å². The van der Waals surface area contributed by atoms with Gasteiger partial charge in [0.2, 0.25) is 0 Å². The molecule has 1 unspecified atom stereocenters. The van der Waals surface area contributed by atoms with Crippen molar-refractivity contribution in [3.63, 3.8) is 0 Å². The molecule has 2 amide bonds. The molecule has 0 saturated heterocycles. The quantitative estimate of drug-likeness (QED) is 0.359. The molecule has 0 aliphatic carbocycles. The first kappa shape index (κ1) is 22.4. The summed E-state index contributed by atoms with van der Waals surface area (Å²) in [6.45, 7) is 6.05. The topological polar surface area (TPSA) is 79.0 Å². The number of benzene rings is 3. The third kappa shape index (κ3) is 5.34. The van der Waals surface area contributed by atoms with Crippen molar-refractivity contribution < 1.29 is 9.53 Å². The Bertz CT molecular complexity index is 1210. The zero-order valence-electron chi connectivity index (χ0n) is 19.5. The maximum absolute atomic E-state index is 13.1. The van der Waals surface area contributed by atoms with Crippen LogP contribution in [-0.4, -0.2) is 23.1 Å². The minimum Gasteiger partial charge on any atom is -0.497 e. The number of nitrogens with one attached hydrogen (secondary N) is 3. The summed E-state index contributed by atoms with van der Waals surface area (Å²) in [5.41, 5.74) is 4.55. The summed E-state index contributed by atoms with van der Waals surface area (Å²) in [4.78, 5) is 21.2. The van der Waals surface area contributed by atoms with Gasteiger partial charge in [-0.15, -0.1) is 0 Å². The smallest absolute Gasteiger partial charge is 0.316 e. The SMILES string of the molecule is COc1ccc(CC(NC(=O)NC(C)(C)c2cccc(C)c2)c2nc3ccccc3[nH]2)cc1. The number of fused-ring (bicyclic) bond motifs is 1. The number of aromatic amines is 1. The van der Waals surface area contributed by atoms with Gasteiger partial charge in [-0.05, 0) is 62.6 Å². The van der Waals surface area contributed by atoms with Crippen molar-refractivity contribution in [1.29, 1.82) is 0 Å². The summed E-state index contributed by atoms with van der Waals surface area (Å²) in [6, 6.07) is 23.3. The fourth-order valence-electron chi connectivity index (χ4n) is 3.94. The number of imidazole rings is 1. The van der Waals surface area contributed by atoms with Crippen molar-refractivity contribution in [1.82, 2.24) is 20.6 Å². The molecule has 1 heterocycles. The molecule has 1 atom stereocenters. The lowest BCUT2D eigenvalue weighted by Gasteiger charge is -2.28. The number of para-hydroxylation sites is 2. The number of hydrogen-bond donors (Lipinski definition) is 3. The number of aromatic nitrogens is 2. The van der Waals surface area contributed by atoms with E-state index in [1.54, 1.807) is 7.11 Å². The Labute approximate surface area is 194 Å². The number of aryl methyl sites for hydroxylation is 1. The van der Waals surface area contributed by atoms with Crippen molar-refractivity contribution >= 4 is 17.1 Å². The number of amides is 2. The first-order valence-electron chi connectivity index (χ1n) is 11.1. The highest BCUT2D eigenvalue weighted by molar-refractivity contribution is 5.77. The third-order valence-electron chi connectivity index (χ3n) is 5.81. The number of methoxy groups -OCH3 is 1. The van der Waals surface area contributed by atoms with Gasteiger partial charge in [0, 0.05) is 0 Å². The molecule has 170 valence electrons. The van der Waals surface area contributed by atoms with Gasteiger partial charge in [-0.2, -0.15) is 0 Å². The first-order chi connectivity index (χ1) is 15.8. The Kier molecular flexibility index (Phi) is 6.36. The average Bonchev–Trinajstić information content (AvgIpc) is 3.23. The van der Waals surface area contributed by atoms with E-state index >= 15 is 0 Å². The Balaban J connectivity index is 1.57. The van der Waals surface area contributed by atoms with Crippen molar-refractivity contribution in [3.8, 4) is 5.75 Å². The Morgan fingerprint density at radius 1 is 1.06 bits per heavy atom. The molecule has 1 aromatic heterocycles. The molecule has 0 radical (unpaired) electrons. The predicted octanol–water partition coefficient (Wildman–Crippen LogP) is 5.40. The van der Waals surface area contributed by atoms with E-state index in [1.807, 2.05) is 87.5 Å². The second kappa shape index (κ2) is 9.36. The maximum atomic E-state index is 13.1. The highest BCUT2D eigenvalue weighted by atomic mass is 16.5. The van der Waals surface area contributed by atoms with Crippen LogP contribution in [0.5, 0.6) is 5.75 Å². The second-order valence-corrected chi connectivity index (χ2v) is 8.84. The number of ether oxygens (including phenoxy) is 1. The van der Waals surface area contributed by atoms with Gasteiger partial charge in [-0.3, -0.25) is 0 Å². The van der Waals surface area contributed by atoms with Crippen LogP contribution in [0.15, 0.2) is 72.8 Å². The van der Waals surface area contributed by atoms with Gasteiger partial charge in [0.05, 0.1) is 29.7 Å². The van der Waals surface area contributed by atoms with Gasteiger partial charge in [0.15, 0.2) is 0 Å². The number of hydrogen-bond acceptors (Lipinski definition) is 3. The zero-order valence-corrected chi connectivity index (χ0v) is 19.5. The molecule has 3 N–H and O–H groups in total. The molecule has 0 spiro atoms. The van der Waals surface area contributed by atoms with Crippen LogP contribution >= 0.6 is 0 Å². The Morgan fingerprint density at radius 3 is 2.52 bits per heavy atom. The molecule has 3 aromatic carbocycles. The molecule has 6 heteroatoms. The number of carbonyl (C=O) groups is 1. The van der Waals surface area contributed by atoms with Crippen LogP contribution < -0.4 is 15.4 Å². The van der Waals surface area contributed by atoms with Gasteiger partial charge in [0.25, 0.3) is 0 Å². The van der Waals surface area contributed by atoms with E-state index in [1.165, 1.54) is 0 Å². The first-order valence-corrected chi connectivity index (χ1v) is 11.1. The molecule has 4 rings (SSSR count). The van der Waals surface area contributed by atoms with Gasteiger partial charge < -0.3 is 20.4 Å². The standard InChI is InChI=1S/C27H30N4O2/c1-18-8-7-9-20(16-18)27(2,3)31-26(32)30-24(17-19-12-14-21(33-4)15-13-19)25-28-22-10-5-6-11-23(22)29-25/h5-16,24H,17H2,1-4H3,(H,28,29)(H2,30,31,32). The van der Waals surface area contributed by atoms with Crippen molar-refractivity contribution in [2.24, 2.45) is 0 Å². The van der Waals surface area contributed by atoms with Crippen molar-refractivity contribution in [3.05, 3.63) is 95.3 Å². The van der Waals surface area contributed by atoms with Crippen LogP contribution in [-0.2, 0) is 12.0 Å². The van der Waals surface area contributed by atoms with Crippen LogP contribution in [0.3, 0.4) is 0 Å². The molecule has 0 saturated carbocycles. The van der Waals surface area contributed by atoms with Gasteiger partial charge in [0.1, 0.15) is 11.6 Å². The number of urea groups is 1.